The molecule has 6 N–H and O–H groups in total. The highest BCUT2D eigenvalue weighted by atomic mass is 32.2. The number of aliphatic hydroxyl groups excluding tert-OH is 1. The minimum absolute atomic E-state index is 0.0327. The van der Waals surface area contributed by atoms with Crippen molar-refractivity contribution in [2.45, 2.75) is 265 Å². The summed E-state index contributed by atoms with van der Waals surface area (Å²) in [6.07, 6.45) is 3.95. The summed E-state index contributed by atoms with van der Waals surface area (Å²) in [4.78, 5) is 175. The molecule has 26 heteroatoms. The van der Waals surface area contributed by atoms with Gasteiger partial charge in [0.05, 0.1) is 23.5 Å². The lowest BCUT2D eigenvalue weighted by Crippen LogP contribution is -2.63. The topological polar surface area (TPSA) is 302 Å². The van der Waals surface area contributed by atoms with E-state index in [1.807, 2.05) is 68.5 Å². The van der Waals surface area contributed by atoms with Crippen LogP contribution in [0.1, 0.15) is 182 Å². The standard InChI is InChI=1S/C70H126N12O13S/c1-27-30-31-45(14)58(84)57-62(88)73-48(28-2)64(90)80(24)54(96-39-70(32-33-70)75(19)29-3)37-53(83)76(20)52(38-69(17,18)95)61(87)74-55(43(10)11)67(93)77(21)49(34-40(4)5)60(86)71-46(15)59(85)72-47(16)63(89)78(22)50(35-41(6)7)65(91)79(23)51(36-42(8)9)66(92)81(25)56(44(12)13)68(94)82(57)26/h27,30,40-52,54-58,84,95H,28-29,31-39H2,1-26H3,(H,71,86)(H,72,85)(H,73,88)(H,74,87)/b30-27+/t45-,46-,47-,48+,49+,50-,51+,52+,54-,55-,56+,57?,58-/m1/s1. The molecule has 2 fully saturated rings. The summed E-state index contributed by atoms with van der Waals surface area (Å²) in [5, 5.41) is 33.9. The van der Waals surface area contributed by atoms with Crippen LogP contribution in [0.4, 0.5) is 0 Å². The number of nitrogens with zero attached hydrogens (tertiary/aromatic N) is 8. The van der Waals surface area contributed by atoms with Gasteiger partial charge in [-0.15, -0.1) is 11.8 Å². The predicted octanol–water partition coefficient (Wildman–Crippen LogP) is 4.32. The molecule has 13 atom stereocenters. The van der Waals surface area contributed by atoms with Crippen LogP contribution in [0.15, 0.2) is 12.2 Å². The maximum absolute atomic E-state index is 15.4. The largest absolute Gasteiger partial charge is 0.390 e. The molecule has 2 rings (SSSR count). The summed E-state index contributed by atoms with van der Waals surface area (Å²) >= 11 is 1.37. The highest BCUT2D eigenvalue weighted by molar-refractivity contribution is 8.00. The molecular formula is C70H126N12O13S. The van der Waals surface area contributed by atoms with E-state index in [0.717, 1.165) is 24.3 Å². The average molecular weight is 1380 g/mol. The Labute approximate surface area is 579 Å². The first-order valence-electron chi connectivity index (χ1n) is 34.7. The molecule has 0 spiro atoms. The van der Waals surface area contributed by atoms with Crippen molar-refractivity contribution in [3.8, 4) is 0 Å². The van der Waals surface area contributed by atoms with Gasteiger partial charge in [0, 0.05) is 67.0 Å². The smallest absolute Gasteiger partial charge is 0.246 e. The number of likely N-dealkylation sites (N-methyl/N-ethyl adjacent to an activating group) is 7. The van der Waals surface area contributed by atoms with Crippen molar-refractivity contribution in [3.05, 3.63) is 12.2 Å². The molecule has 0 aromatic heterocycles. The molecule has 2 aliphatic rings. The van der Waals surface area contributed by atoms with E-state index in [1.165, 1.54) is 118 Å². The van der Waals surface area contributed by atoms with E-state index in [1.54, 1.807) is 47.6 Å². The van der Waals surface area contributed by atoms with Crippen LogP contribution in [-0.2, 0) is 52.7 Å². The van der Waals surface area contributed by atoms with Crippen molar-refractivity contribution in [1.82, 2.24) is 60.5 Å². The van der Waals surface area contributed by atoms with Gasteiger partial charge in [-0.1, -0.05) is 102 Å². The zero-order valence-corrected chi connectivity index (χ0v) is 64.0. The number of carbonyl (C=O) groups is 11. The lowest BCUT2D eigenvalue weighted by molar-refractivity contribution is -0.157. The first-order valence-corrected chi connectivity index (χ1v) is 35.8. The van der Waals surface area contributed by atoms with Crippen LogP contribution in [0.2, 0.25) is 0 Å². The van der Waals surface area contributed by atoms with Gasteiger partial charge in [-0.3, -0.25) is 52.7 Å². The normalized spacial score (nSPS) is 27.4. The van der Waals surface area contributed by atoms with Crippen LogP contribution >= 0.6 is 11.8 Å². The Morgan fingerprint density at radius 3 is 1.49 bits per heavy atom. The van der Waals surface area contributed by atoms with Crippen molar-refractivity contribution in [3.63, 3.8) is 0 Å². The van der Waals surface area contributed by atoms with Gasteiger partial charge in [0.1, 0.15) is 60.4 Å². The second kappa shape index (κ2) is 37.9. The Kier molecular flexibility index (Phi) is 34.1. The van der Waals surface area contributed by atoms with Crippen LogP contribution in [-0.4, -0.2) is 266 Å². The molecule has 1 heterocycles. The number of thioether (sulfide) groups is 1. The van der Waals surface area contributed by atoms with Crippen LogP contribution < -0.4 is 21.3 Å². The fourth-order valence-corrected chi connectivity index (χ4v) is 14.0. The van der Waals surface area contributed by atoms with Crippen LogP contribution in [0, 0.1) is 35.5 Å². The Morgan fingerprint density at radius 2 is 1.03 bits per heavy atom. The molecular weight excluding hydrogens is 1250 g/mol. The van der Waals surface area contributed by atoms with Crippen molar-refractivity contribution in [2.75, 3.05) is 68.7 Å². The molecule has 0 bridgehead atoms. The summed E-state index contributed by atoms with van der Waals surface area (Å²) in [6.45, 7) is 31.9. The summed E-state index contributed by atoms with van der Waals surface area (Å²) in [5.74, 6) is -9.31. The first kappa shape index (κ1) is 86.2. The molecule has 1 saturated heterocycles. The molecule has 550 valence electrons. The van der Waals surface area contributed by atoms with Crippen molar-refractivity contribution in [2.24, 2.45) is 35.5 Å². The number of amides is 11. The maximum Gasteiger partial charge on any atom is 0.246 e. The number of hydrogen-bond donors (Lipinski definition) is 6. The van der Waals surface area contributed by atoms with Gasteiger partial charge >= 0.3 is 0 Å². The van der Waals surface area contributed by atoms with Crippen LogP contribution in [0.3, 0.4) is 0 Å². The van der Waals surface area contributed by atoms with Crippen LogP contribution in [0.5, 0.6) is 0 Å². The lowest BCUT2D eigenvalue weighted by Gasteiger charge is -2.41. The van der Waals surface area contributed by atoms with E-state index >= 15 is 28.8 Å². The third-order valence-corrected chi connectivity index (χ3v) is 20.7. The minimum Gasteiger partial charge on any atom is -0.390 e. The van der Waals surface area contributed by atoms with E-state index < -0.39 is 160 Å². The number of allylic oxidation sites excluding steroid dienone is 2. The Balaban J connectivity index is 3.11. The third-order valence-electron chi connectivity index (χ3n) is 19.1. The van der Waals surface area contributed by atoms with Crippen molar-refractivity contribution >= 4 is 76.7 Å². The summed E-state index contributed by atoms with van der Waals surface area (Å²) in [7, 11) is 12.1. The molecule has 11 amide bonds. The van der Waals surface area contributed by atoms with Gasteiger partial charge < -0.3 is 70.7 Å². The molecule has 96 heavy (non-hydrogen) atoms. The summed E-state index contributed by atoms with van der Waals surface area (Å²) in [6, 6.07) is -12.8. The number of aliphatic hydroxyl groups is 2. The highest BCUT2D eigenvalue weighted by Gasteiger charge is 2.49. The summed E-state index contributed by atoms with van der Waals surface area (Å²) in [5.41, 5.74) is -1.77. The van der Waals surface area contributed by atoms with Crippen molar-refractivity contribution < 1.29 is 63.0 Å². The van der Waals surface area contributed by atoms with E-state index in [9.17, 15) is 34.2 Å². The molecule has 1 aliphatic heterocycles. The van der Waals surface area contributed by atoms with Crippen LogP contribution in [0.25, 0.3) is 0 Å². The first-order chi connectivity index (χ1) is 44.3. The summed E-state index contributed by atoms with van der Waals surface area (Å²) < 4.78 is 0. The van der Waals surface area contributed by atoms with E-state index in [0.29, 0.717) is 12.2 Å². The lowest BCUT2D eigenvalue weighted by atomic mass is 9.91. The second-order valence-corrected chi connectivity index (χ2v) is 31.1. The zero-order chi connectivity index (χ0) is 74.1. The number of hydrogen-bond acceptors (Lipinski definition) is 15. The van der Waals surface area contributed by atoms with Gasteiger partial charge in [0.15, 0.2) is 0 Å². The van der Waals surface area contributed by atoms with E-state index in [2.05, 4.69) is 26.2 Å². The number of nitrogens with one attached hydrogen (secondary N) is 4. The monoisotopic (exact) mass is 1370 g/mol. The Hall–Kier alpha value is -5.86. The molecule has 0 aromatic rings. The molecule has 0 radical (unpaired) electrons. The van der Waals surface area contributed by atoms with Gasteiger partial charge in [0.2, 0.25) is 65.0 Å². The van der Waals surface area contributed by atoms with E-state index in [4.69, 9.17) is 0 Å². The molecule has 1 unspecified atom stereocenters. The molecule has 25 nitrogen and oxygen atoms in total. The molecule has 1 saturated carbocycles. The van der Waals surface area contributed by atoms with E-state index in [-0.39, 0.29) is 61.8 Å². The van der Waals surface area contributed by atoms with Gasteiger partial charge in [-0.25, -0.2) is 0 Å². The maximum atomic E-state index is 15.4. The average Bonchev–Trinajstić information content (AvgIpc) is 1.54. The fourth-order valence-electron chi connectivity index (χ4n) is 12.4. The number of carbonyl (C=O) groups excluding carboxylic acids is 11. The second-order valence-electron chi connectivity index (χ2n) is 29.9. The third kappa shape index (κ3) is 23.7. The SMILES string of the molecule is C/C=C/C[C@@H](C)[C@@H](O)C1C(=O)N[C@@H](CC)C(=O)N(C)[C@H](SCC2(N(C)CC)CC2)CC(=O)N(C)[C@@H](CC(C)(C)O)C(=O)N[C@H](C(C)C)C(=O)N(C)[C@@H](CC(C)C)C(=O)N[C@H](C)C(=O)N[C@H](C)C(=O)N(C)[C@H](CC(C)C)C(=O)N(C)[C@@H](CC(C)C)C(=O)N(C)[C@@H](C(C)C)C(=O)N1C. The predicted molar refractivity (Wildman–Crippen MR) is 376 cm³/mol. The fraction of sp³-hybridized carbons (Fsp3) is 0.814. The minimum atomic E-state index is -1.63. The quantitative estimate of drug-likeness (QED) is 0.0926. The molecule has 1 aliphatic carbocycles. The van der Waals surface area contributed by atoms with Gasteiger partial charge in [-0.2, -0.15) is 0 Å². The van der Waals surface area contributed by atoms with Crippen molar-refractivity contribution in [1.29, 1.82) is 0 Å². The van der Waals surface area contributed by atoms with Gasteiger partial charge in [-0.05, 0) is 129 Å². The van der Waals surface area contributed by atoms with Gasteiger partial charge in [0.25, 0.3) is 0 Å². The zero-order valence-electron chi connectivity index (χ0n) is 63.2. The Morgan fingerprint density at radius 1 is 0.562 bits per heavy atom. The molecule has 0 aromatic carbocycles. The Bertz CT molecular complexity index is 2680. The highest BCUT2D eigenvalue weighted by Crippen LogP contribution is 2.45. The number of rotatable bonds is 20.